The van der Waals surface area contributed by atoms with Gasteiger partial charge in [0, 0.05) is 27.8 Å². The molecule has 0 aliphatic heterocycles. The second kappa shape index (κ2) is 7.76. The summed E-state index contributed by atoms with van der Waals surface area (Å²) in [6.45, 7) is 6.05. The molecule has 1 heterocycles. The van der Waals surface area contributed by atoms with E-state index in [0.717, 1.165) is 34.8 Å². The summed E-state index contributed by atoms with van der Waals surface area (Å²) in [7, 11) is 0. The highest BCUT2D eigenvalue weighted by atomic mass is 79.9. The third-order valence-electron chi connectivity index (χ3n) is 2.75. The molecule has 0 aliphatic rings. The first kappa shape index (κ1) is 15.5. The van der Waals surface area contributed by atoms with Gasteiger partial charge < -0.3 is 5.32 Å². The minimum absolute atomic E-state index is 0.792. The number of hydrogen-bond donors (Lipinski definition) is 1. The molecule has 3 nitrogen and oxygen atoms in total. The van der Waals surface area contributed by atoms with Crippen LogP contribution in [-0.2, 0) is 6.54 Å². The topological polar surface area (TPSA) is 37.8 Å². The fourth-order valence-corrected chi connectivity index (χ4v) is 3.21. The van der Waals surface area contributed by atoms with Crippen LogP contribution in [0.15, 0.2) is 45.0 Å². The molecule has 1 aromatic carbocycles. The van der Waals surface area contributed by atoms with Gasteiger partial charge in [-0.1, -0.05) is 28.9 Å². The molecule has 0 unspecified atom stereocenters. The lowest BCUT2D eigenvalue weighted by atomic mass is 10.2. The van der Waals surface area contributed by atoms with E-state index in [1.165, 1.54) is 10.5 Å². The Balaban J connectivity index is 2.18. The Morgan fingerprint density at radius 1 is 1.30 bits per heavy atom. The standard InChI is InChI=1S/C15H18BrN3S/c1-3-7-17-10-12-4-5-13(16)9-14(12)20-15-18-8-6-11(2)19-15/h4-6,8-9,17H,3,7,10H2,1-2H3. The monoisotopic (exact) mass is 351 g/mol. The molecule has 20 heavy (non-hydrogen) atoms. The molecule has 0 saturated carbocycles. The van der Waals surface area contributed by atoms with Gasteiger partial charge in [0.25, 0.3) is 0 Å². The van der Waals surface area contributed by atoms with Gasteiger partial charge in [-0.05, 0) is 55.4 Å². The zero-order valence-corrected chi connectivity index (χ0v) is 14.1. The average Bonchev–Trinajstić information content (AvgIpc) is 2.41. The van der Waals surface area contributed by atoms with E-state index in [4.69, 9.17) is 0 Å². The fraction of sp³-hybridized carbons (Fsp3) is 0.333. The van der Waals surface area contributed by atoms with E-state index in [0.29, 0.717) is 0 Å². The number of halogens is 1. The summed E-state index contributed by atoms with van der Waals surface area (Å²) in [6.07, 6.45) is 2.94. The summed E-state index contributed by atoms with van der Waals surface area (Å²) >= 11 is 5.14. The summed E-state index contributed by atoms with van der Waals surface area (Å²) < 4.78 is 1.08. The molecule has 1 aromatic heterocycles. The van der Waals surface area contributed by atoms with E-state index in [1.807, 2.05) is 13.0 Å². The highest BCUT2D eigenvalue weighted by molar-refractivity contribution is 9.10. The number of hydrogen-bond acceptors (Lipinski definition) is 4. The van der Waals surface area contributed by atoms with Crippen molar-refractivity contribution < 1.29 is 0 Å². The SMILES string of the molecule is CCCNCc1ccc(Br)cc1Sc1nccc(C)n1. The lowest BCUT2D eigenvalue weighted by Crippen LogP contribution is -2.14. The lowest BCUT2D eigenvalue weighted by Gasteiger charge is -2.10. The van der Waals surface area contributed by atoms with E-state index in [2.05, 4.69) is 56.3 Å². The van der Waals surface area contributed by atoms with Crippen LogP contribution in [0.2, 0.25) is 0 Å². The normalized spacial score (nSPS) is 10.8. The van der Waals surface area contributed by atoms with Gasteiger partial charge >= 0.3 is 0 Å². The Bertz CT molecular complexity index is 575. The maximum atomic E-state index is 4.45. The van der Waals surface area contributed by atoms with Crippen LogP contribution in [-0.4, -0.2) is 16.5 Å². The molecule has 0 bridgehead atoms. The Kier molecular flexibility index (Phi) is 6.01. The van der Waals surface area contributed by atoms with E-state index >= 15 is 0 Å². The molecule has 2 rings (SSSR count). The summed E-state index contributed by atoms with van der Waals surface area (Å²) in [5.74, 6) is 0. The molecule has 0 saturated heterocycles. The van der Waals surface area contributed by atoms with Gasteiger partial charge in [0.15, 0.2) is 5.16 Å². The highest BCUT2D eigenvalue weighted by Crippen LogP contribution is 2.30. The van der Waals surface area contributed by atoms with Crippen molar-refractivity contribution in [1.82, 2.24) is 15.3 Å². The fourth-order valence-electron chi connectivity index (χ4n) is 1.74. The Morgan fingerprint density at radius 2 is 2.15 bits per heavy atom. The zero-order chi connectivity index (χ0) is 14.4. The number of rotatable bonds is 6. The van der Waals surface area contributed by atoms with Crippen molar-refractivity contribution in [3.63, 3.8) is 0 Å². The number of nitrogens with zero attached hydrogens (tertiary/aromatic N) is 2. The van der Waals surface area contributed by atoms with Crippen LogP contribution >= 0.6 is 27.7 Å². The van der Waals surface area contributed by atoms with Crippen molar-refractivity contribution in [3.05, 3.63) is 46.2 Å². The summed E-state index contributed by atoms with van der Waals surface area (Å²) in [4.78, 5) is 9.96. The van der Waals surface area contributed by atoms with Gasteiger partial charge in [-0.15, -0.1) is 0 Å². The van der Waals surface area contributed by atoms with Crippen LogP contribution in [0.3, 0.4) is 0 Å². The predicted molar refractivity (Wildman–Crippen MR) is 87.0 cm³/mol. The molecule has 106 valence electrons. The number of benzene rings is 1. The highest BCUT2D eigenvalue weighted by Gasteiger charge is 2.07. The van der Waals surface area contributed by atoms with Crippen LogP contribution in [0.25, 0.3) is 0 Å². The first-order chi connectivity index (χ1) is 9.69. The van der Waals surface area contributed by atoms with Crippen molar-refractivity contribution >= 4 is 27.7 Å². The smallest absolute Gasteiger partial charge is 0.192 e. The quantitative estimate of drug-likeness (QED) is 0.625. The Hall–Kier alpha value is -0.910. The molecule has 0 atom stereocenters. The third kappa shape index (κ3) is 4.58. The minimum Gasteiger partial charge on any atom is -0.313 e. The minimum atomic E-state index is 0.792. The van der Waals surface area contributed by atoms with Crippen molar-refractivity contribution in [1.29, 1.82) is 0 Å². The molecule has 0 radical (unpaired) electrons. The van der Waals surface area contributed by atoms with Gasteiger partial charge in [0.1, 0.15) is 0 Å². The third-order valence-corrected chi connectivity index (χ3v) is 4.22. The van der Waals surface area contributed by atoms with E-state index in [-0.39, 0.29) is 0 Å². The lowest BCUT2D eigenvalue weighted by molar-refractivity contribution is 0.669. The van der Waals surface area contributed by atoms with E-state index in [1.54, 1.807) is 18.0 Å². The van der Waals surface area contributed by atoms with Gasteiger partial charge in [-0.3, -0.25) is 0 Å². The second-order valence-corrected chi connectivity index (χ2v) is 6.44. The Labute approximate surface area is 132 Å². The van der Waals surface area contributed by atoms with Crippen LogP contribution in [0.4, 0.5) is 0 Å². The van der Waals surface area contributed by atoms with E-state index in [9.17, 15) is 0 Å². The molecule has 1 N–H and O–H groups in total. The van der Waals surface area contributed by atoms with Gasteiger partial charge in [-0.25, -0.2) is 9.97 Å². The maximum absolute atomic E-state index is 4.45. The van der Waals surface area contributed by atoms with E-state index < -0.39 is 0 Å². The number of aromatic nitrogens is 2. The van der Waals surface area contributed by atoms with Gasteiger partial charge in [-0.2, -0.15) is 0 Å². The van der Waals surface area contributed by atoms with Crippen LogP contribution in [0.1, 0.15) is 24.6 Å². The van der Waals surface area contributed by atoms with Crippen molar-refractivity contribution in [3.8, 4) is 0 Å². The van der Waals surface area contributed by atoms with Crippen molar-refractivity contribution in [2.24, 2.45) is 0 Å². The molecule has 0 spiro atoms. The van der Waals surface area contributed by atoms with Crippen LogP contribution in [0, 0.1) is 6.92 Å². The van der Waals surface area contributed by atoms with Crippen LogP contribution in [0.5, 0.6) is 0 Å². The summed E-state index contributed by atoms with van der Waals surface area (Å²) in [5, 5.41) is 4.23. The molecular weight excluding hydrogens is 334 g/mol. The molecule has 0 aliphatic carbocycles. The molecule has 0 amide bonds. The first-order valence-corrected chi connectivity index (χ1v) is 8.26. The Morgan fingerprint density at radius 3 is 2.90 bits per heavy atom. The van der Waals surface area contributed by atoms with Crippen molar-refractivity contribution in [2.75, 3.05) is 6.54 Å². The molecule has 0 fully saturated rings. The average molecular weight is 352 g/mol. The molecular formula is C15H18BrN3S. The van der Waals surface area contributed by atoms with Gasteiger partial charge in [0.2, 0.25) is 0 Å². The summed E-state index contributed by atoms with van der Waals surface area (Å²) in [6, 6.07) is 8.25. The van der Waals surface area contributed by atoms with Gasteiger partial charge in [0.05, 0.1) is 0 Å². The largest absolute Gasteiger partial charge is 0.313 e. The number of nitrogens with one attached hydrogen (secondary N) is 1. The van der Waals surface area contributed by atoms with Crippen molar-refractivity contribution in [2.45, 2.75) is 36.9 Å². The summed E-state index contributed by atoms with van der Waals surface area (Å²) in [5.41, 5.74) is 2.26. The zero-order valence-electron chi connectivity index (χ0n) is 11.7. The molecule has 5 heteroatoms. The predicted octanol–water partition coefficient (Wildman–Crippen LogP) is 4.20. The second-order valence-electron chi connectivity index (χ2n) is 4.51. The molecule has 2 aromatic rings. The first-order valence-electron chi connectivity index (χ1n) is 6.65. The van der Waals surface area contributed by atoms with Crippen LogP contribution < -0.4 is 5.32 Å². The maximum Gasteiger partial charge on any atom is 0.192 e. The number of aryl methyl sites for hydroxylation is 1.